The first kappa shape index (κ1) is 29.3. The van der Waals surface area contributed by atoms with Gasteiger partial charge < -0.3 is 18.4 Å². The van der Waals surface area contributed by atoms with Crippen molar-refractivity contribution in [3.63, 3.8) is 0 Å². The van der Waals surface area contributed by atoms with Crippen LogP contribution in [0.5, 0.6) is 11.5 Å². The molecule has 2 aliphatic rings. The van der Waals surface area contributed by atoms with Crippen molar-refractivity contribution in [2.45, 2.75) is 135 Å². The van der Waals surface area contributed by atoms with Crippen molar-refractivity contribution in [1.82, 2.24) is 18.7 Å². The molecule has 15 rings (SSSR count). The van der Waals surface area contributed by atoms with Crippen molar-refractivity contribution < 1.29 is 81.1 Å². The predicted molar refractivity (Wildman–Crippen MR) is 359 cm³/mol. The second-order valence-corrected chi connectivity index (χ2v) is 22.9. The summed E-state index contributed by atoms with van der Waals surface area (Å²) in [5, 5.41) is 3.64. The van der Waals surface area contributed by atoms with Crippen LogP contribution in [0.15, 0.2) is 194 Å². The van der Waals surface area contributed by atoms with Gasteiger partial charge in [-0.2, -0.15) is 18.2 Å². The summed E-state index contributed by atoms with van der Waals surface area (Å²) in [6.07, 6.45) is -18.0. The first-order valence-corrected chi connectivity index (χ1v) is 27.9. The number of pyridine rings is 1. The van der Waals surface area contributed by atoms with Crippen LogP contribution in [0.2, 0.25) is 0 Å². The summed E-state index contributed by atoms with van der Waals surface area (Å²) in [7, 11) is 0. The first-order chi connectivity index (χ1) is 56.8. The van der Waals surface area contributed by atoms with Crippen LogP contribution in [0.25, 0.3) is 99.8 Å². The summed E-state index contributed by atoms with van der Waals surface area (Å²) >= 11 is 0. The summed E-state index contributed by atoms with van der Waals surface area (Å²) in [6.45, 7) is -25.0. The molecule has 0 saturated carbocycles. The molecule has 0 N–H and O–H groups in total. The van der Waals surface area contributed by atoms with Gasteiger partial charge in [0.2, 0.25) is 0 Å². The van der Waals surface area contributed by atoms with Crippen molar-refractivity contribution in [2.24, 2.45) is 0 Å². The normalized spacial score (nSPS) is 26.5. The summed E-state index contributed by atoms with van der Waals surface area (Å²) in [5.41, 5.74) is -26.3. The van der Waals surface area contributed by atoms with Crippen LogP contribution in [0.3, 0.4) is 0 Å². The second-order valence-electron chi connectivity index (χ2n) is 22.9. The van der Waals surface area contributed by atoms with Crippen LogP contribution in [-0.4, -0.2) is 18.7 Å². The number of hydrogen-bond donors (Lipinski definition) is 0. The maximum Gasteiger partial charge on any atom is 0.268 e. The number of imidazole rings is 1. The van der Waals surface area contributed by atoms with Crippen LogP contribution < -0.4 is 9.30 Å². The molecule has 0 bridgehead atoms. The Bertz CT molecular complexity index is 6340. The van der Waals surface area contributed by atoms with Crippen LogP contribution in [0, 0.1) is 18.5 Å². The SMILES string of the molecule is [2H]c1c([2H])c2c(c([2H])c1-c1cccc(-c3c([2H])c([2H])c4c(c3[2H])C(C([2H])([2H])[2H])(C([2H])([2H])[2H])C([2H])([2H])C([2H])([2H])C4(C([2H])([2H])[2H])C([2H])([2H])C)c1-[n+]1[c-]n(-c3[c-]c(Oc4[c-]c5c(cc4)c4cc(-n6c7ccccc7c7ccccc76)ccc4n5-c4cc(C(C)(C)C)ccn4)ccc3)c3ccccc31)C(C([2H])([2H])[2H])(C([2H])([2H])[2H])C([2H])([2H])C([2H])([2H])C2(C([2H])([2H])[2H])C([2H])([2H])[2H].[Pt]. The van der Waals surface area contributed by atoms with Crippen LogP contribution in [0.1, 0.15) is 186 Å². The number of benzene rings is 9. The third kappa shape index (κ3) is 9.30. The molecule has 7 heteroatoms. The van der Waals surface area contributed by atoms with Gasteiger partial charge in [-0.1, -0.05) is 196 Å². The summed E-state index contributed by atoms with van der Waals surface area (Å²) < 4.78 is 361. The molecule has 9 aromatic carbocycles. The first-order valence-electron chi connectivity index (χ1n) is 46.4. The minimum absolute atomic E-state index is 0. The number of para-hydroxylation sites is 5. The summed E-state index contributed by atoms with van der Waals surface area (Å²) in [6, 6.07) is 39.3. The van der Waals surface area contributed by atoms with Crippen molar-refractivity contribution >= 4 is 54.6 Å². The molecule has 2 aliphatic carbocycles. The van der Waals surface area contributed by atoms with Crippen molar-refractivity contribution in [3.8, 4) is 56.6 Å². The third-order valence-corrected chi connectivity index (χ3v) is 16.3. The molecule has 0 radical (unpaired) electrons. The molecule has 0 saturated heterocycles. The monoisotopic (exact) mass is 1370 g/mol. The standard InChI is InChI=1S/C81H75N5O.Pt/c1-12-81(11)43-42-80(9,10)68-46-53(32-37-66(68)81)60-26-20-25-59(52-31-36-65-67(45-52)79(7,8)41-40-78(65,5)6)76(60)84-51-83(72-29-17-18-30-73(72)84)55-21-19-22-57(48-55)87-58-34-35-63-64-49-56(85-69-27-15-13-23-61(69)62-24-14-16-28-70(62)85)33-38-71(64)86(74(63)50-58)75-47-54(39-44-82-75)77(2,3)4;/h13-39,44-47,49H,12,40-43H2,1-11H3;/q-2;/i5D3,6D3,7D3,8D3,9D3,10D3,11D3,12D2,31D,32D,36D,37D,40D2,41D2,42D2,43D2,45D,46D;. The van der Waals surface area contributed by atoms with Gasteiger partial charge in [-0.25, -0.2) is 4.98 Å². The zero-order valence-electron chi connectivity index (χ0n) is 84.5. The molecule has 442 valence electrons. The molecule has 1 atom stereocenters. The van der Waals surface area contributed by atoms with E-state index in [1.807, 2.05) is 59.2 Å². The Kier molecular flexibility index (Phi) is 6.97. The molecule has 0 amide bonds. The van der Waals surface area contributed by atoms with Crippen molar-refractivity contribution in [3.05, 3.63) is 240 Å². The van der Waals surface area contributed by atoms with Gasteiger partial charge in [0.25, 0.3) is 6.33 Å². The molecular formula is C81H75N5OPt-2. The van der Waals surface area contributed by atoms with E-state index in [4.69, 9.17) is 38.5 Å². The van der Waals surface area contributed by atoms with Gasteiger partial charge in [-0.15, -0.1) is 29.7 Å². The number of ether oxygens (including phenoxy) is 1. The number of rotatable bonds is 9. The van der Waals surface area contributed by atoms with E-state index in [2.05, 4.69) is 74.1 Å². The topological polar surface area (TPSA) is 40.8 Å². The summed E-state index contributed by atoms with van der Waals surface area (Å²) in [4.78, 5) is 4.90. The largest absolute Gasteiger partial charge is 0.510 e. The molecule has 13 aromatic rings. The van der Waals surface area contributed by atoms with E-state index in [1.54, 1.807) is 12.3 Å². The summed E-state index contributed by atoms with van der Waals surface area (Å²) in [5.74, 6) is 0.640. The van der Waals surface area contributed by atoms with E-state index in [1.165, 1.54) is 47.0 Å². The maximum absolute atomic E-state index is 10.5. The Morgan fingerprint density at radius 2 is 1.20 bits per heavy atom. The van der Waals surface area contributed by atoms with E-state index in [0.717, 1.165) is 72.1 Å². The maximum atomic E-state index is 10.5. The minimum Gasteiger partial charge on any atom is -0.510 e. The average Bonchev–Trinajstić information content (AvgIpc) is 1.11. The van der Waals surface area contributed by atoms with Crippen LogP contribution >= 0.6 is 0 Å². The molecule has 4 heterocycles. The number of fused-ring (bicyclic) bond motifs is 9. The van der Waals surface area contributed by atoms with E-state index in [9.17, 15) is 21.9 Å². The van der Waals surface area contributed by atoms with Gasteiger partial charge in [0.1, 0.15) is 5.82 Å². The predicted octanol–water partition coefficient (Wildman–Crippen LogP) is 20.4. The second kappa shape index (κ2) is 20.9. The Morgan fingerprint density at radius 3 is 1.89 bits per heavy atom. The Balaban J connectivity index is 0.0000127. The molecule has 88 heavy (non-hydrogen) atoms. The third-order valence-electron chi connectivity index (χ3n) is 16.3. The molecule has 0 aliphatic heterocycles. The number of hydrogen-bond acceptors (Lipinski definition) is 2. The van der Waals surface area contributed by atoms with Gasteiger partial charge in [0.15, 0.2) is 0 Å². The van der Waals surface area contributed by atoms with E-state index >= 15 is 0 Å². The molecule has 6 nitrogen and oxygen atoms in total. The number of aromatic nitrogens is 5. The van der Waals surface area contributed by atoms with Crippen molar-refractivity contribution in [2.75, 3.05) is 0 Å². The molecule has 0 fully saturated rings. The fourth-order valence-electron chi connectivity index (χ4n) is 11.9. The van der Waals surface area contributed by atoms with Gasteiger partial charge in [0.05, 0.1) is 36.0 Å². The van der Waals surface area contributed by atoms with E-state index in [-0.39, 0.29) is 54.7 Å². The molecular weight excluding hydrogens is 1250 g/mol. The quantitative estimate of drug-likeness (QED) is 0.107. The Hall–Kier alpha value is -8.31. The van der Waals surface area contributed by atoms with Crippen molar-refractivity contribution in [1.29, 1.82) is 0 Å². The van der Waals surface area contributed by atoms with Gasteiger partial charge >= 0.3 is 0 Å². The molecule has 1 unspecified atom stereocenters. The van der Waals surface area contributed by atoms with Crippen LogP contribution in [-0.2, 0) is 48.1 Å². The van der Waals surface area contributed by atoms with E-state index < -0.39 is 188 Å². The fourth-order valence-corrected chi connectivity index (χ4v) is 11.9. The fraction of sp³-hybridized carbons (Fsp3) is 0.259. The number of nitrogens with zero attached hydrogens (tertiary/aromatic N) is 5. The Labute approximate surface area is 584 Å². The minimum atomic E-state index is -4.85. The molecule has 4 aromatic heterocycles. The van der Waals surface area contributed by atoms with Gasteiger partial charge in [-0.05, 0) is 163 Å². The smallest absolute Gasteiger partial charge is 0.268 e. The van der Waals surface area contributed by atoms with Gasteiger partial charge in [0, 0.05) is 103 Å². The zero-order chi connectivity index (χ0) is 91.6. The Morgan fingerprint density at radius 1 is 0.591 bits per heavy atom. The molecule has 0 spiro atoms. The zero-order valence-corrected chi connectivity index (χ0v) is 49.7. The average molecular weight is 1370 g/mol. The van der Waals surface area contributed by atoms with E-state index in [0.29, 0.717) is 18.3 Å². The van der Waals surface area contributed by atoms with Gasteiger partial charge in [-0.3, -0.25) is 4.57 Å². The van der Waals surface area contributed by atoms with Crippen LogP contribution in [0.4, 0.5) is 0 Å².